The average molecular weight is 699 g/mol. The van der Waals surface area contributed by atoms with E-state index in [2.05, 4.69) is 31.8 Å². The molecule has 2 N–H and O–H groups in total. The van der Waals surface area contributed by atoms with E-state index in [9.17, 15) is 9.59 Å². The first kappa shape index (κ1) is 32.9. The van der Waals surface area contributed by atoms with E-state index in [0.29, 0.717) is 34.4 Å². The standard InChI is InChI=1S/C33H30BrCl2N3O5/c1-21(44-29-15-13-26(35)18-27(29)36)32(40)38-28(16-22-6-4-3-5-7-22)33(41)39-37-19-24-10-14-30(31(17-24)42-2)43-20-23-8-11-25(34)12-9-23/h3-15,17-19,21,28H,16,20H2,1-2H3,(H,38,40)(H,39,41)/b37-19-/t21-,28+/m1/s1. The van der Waals surface area contributed by atoms with E-state index in [4.69, 9.17) is 37.4 Å². The van der Waals surface area contributed by atoms with Crippen molar-refractivity contribution in [3.63, 3.8) is 0 Å². The van der Waals surface area contributed by atoms with Crippen LogP contribution in [-0.2, 0) is 22.6 Å². The third-order valence-corrected chi connectivity index (χ3v) is 7.43. The Hall–Kier alpha value is -4.05. The molecular weight excluding hydrogens is 669 g/mol. The van der Waals surface area contributed by atoms with E-state index in [1.54, 1.807) is 44.4 Å². The van der Waals surface area contributed by atoms with E-state index in [-0.39, 0.29) is 11.4 Å². The highest BCUT2D eigenvalue weighted by Crippen LogP contribution is 2.29. The van der Waals surface area contributed by atoms with Crippen LogP contribution in [0.4, 0.5) is 0 Å². The van der Waals surface area contributed by atoms with Crippen molar-refractivity contribution in [1.29, 1.82) is 0 Å². The van der Waals surface area contributed by atoms with Crippen LogP contribution in [0.5, 0.6) is 17.2 Å². The molecule has 228 valence electrons. The molecule has 2 atom stereocenters. The number of ether oxygens (including phenoxy) is 3. The van der Waals surface area contributed by atoms with Gasteiger partial charge in [-0.2, -0.15) is 5.10 Å². The summed E-state index contributed by atoms with van der Waals surface area (Å²) >= 11 is 15.6. The van der Waals surface area contributed by atoms with E-state index in [1.807, 2.05) is 54.6 Å². The van der Waals surface area contributed by atoms with Gasteiger partial charge in [0.2, 0.25) is 0 Å². The molecule has 0 saturated carbocycles. The van der Waals surface area contributed by atoms with Crippen LogP contribution >= 0.6 is 39.1 Å². The smallest absolute Gasteiger partial charge is 0.262 e. The highest BCUT2D eigenvalue weighted by atomic mass is 79.9. The maximum atomic E-state index is 13.2. The summed E-state index contributed by atoms with van der Waals surface area (Å²) in [5.41, 5.74) is 5.06. The van der Waals surface area contributed by atoms with Crippen molar-refractivity contribution in [1.82, 2.24) is 10.7 Å². The highest BCUT2D eigenvalue weighted by molar-refractivity contribution is 9.10. The summed E-state index contributed by atoms with van der Waals surface area (Å²) in [6.07, 6.45) is 0.773. The van der Waals surface area contributed by atoms with E-state index < -0.39 is 24.0 Å². The number of carbonyl (C=O) groups excluding carboxylic acids is 2. The molecule has 0 unspecified atom stereocenters. The lowest BCUT2D eigenvalue weighted by Crippen LogP contribution is -2.50. The summed E-state index contributed by atoms with van der Waals surface area (Å²) < 4.78 is 18.1. The Labute approximate surface area is 274 Å². The highest BCUT2D eigenvalue weighted by Gasteiger charge is 2.25. The summed E-state index contributed by atoms with van der Waals surface area (Å²) in [5, 5.41) is 7.59. The Bertz CT molecular complexity index is 1600. The van der Waals surface area contributed by atoms with Crippen LogP contribution in [0.2, 0.25) is 10.0 Å². The van der Waals surface area contributed by atoms with Gasteiger partial charge in [-0.05, 0) is 72.1 Å². The van der Waals surface area contributed by atoms with Gasteiger partial charge in [0, 0.05) is 15.9 Å². The number of rotatable bonds is 13. The predicted octanol–water partition coefficient (Wildman–Crippen LogP) is 6.99. The molecule has 4 rings (SSSR count). The lowest BCUT2D eigenvalue weighted by molar-refractivity contribution is -0.132. The molecular formula is C33H30BrCl2N3O5. The molecule has 8 nitrogen and oxygen atoms in total. The largest absolute Gasteiger partial charge is 0.493 e. The first-order chi connectivity index (χ1) is 21.2. The SMILES string of the molecule is COc1cc(/C=N\NC(=O)[C@H](Cc2ccccc2)NC(=O)[C@@H](C)Oc2ccc(Cl)cc2Cl)ccc1OCc1ccc(Br)cc1. The number of benzene rings is 4. The molecule has 0 aliphatic heterocycles. The molecule has 0 spiro atoms. The van der Waals surface area contributed by atoms with Crippen molar-refractivity contribution < 1.29 is 23.8 Å². The van der Waals surface area contributed by atoms with Crippen molar-refractivity contribution in [2.24, 2.45) is 5.10 Å². The van der Waals surface area contributed by atoms with Gasteiger partial charge in [-0.15, -0.1) is 0 Å². The molecule has 11 heteroatoms. The van der Waals surface area contributed by atoms with Crippen molar-refractivity contribution in [3.05, 3.63) is 122 Å². The molecule has 44 heavy (non-hydrogen) atoms. The fraction of sp³-hybridized carbons (Fsp3) is 0.182. The number of carbonyl (C=O) groups is 2. The van der Waals surface area contributed by atoms with E-state index in [0.717, 1.165) is 15.6 Å². The third-order valence-electron chi connectivity index (χ3n) is 6.37. The van der Waals surface area contributed by atoms with Crippen LogP contribution in [0.15, 0.2) is 101 Å². The van der Waals surface area contributed by atoms with Gasteiger partial charge in [-0.3, -0.25) is 9.59 Å². The minimum atomic E-state index is -0.944. The number of hydrazone groups is 1. The zero-order valence-corrected chi connectivity index (χ0v) is 27.0. The van der Waals surface area contributed by atoms with Crippen LogP contribution in [0.1, 0.15) is 23.6 Å². The van der Waals surface area contributed by atoms with Gasteiger partial charge >= 0.3 is 0 Å². The molecule has 4 aromatic carbocycles. The lowest BCUT2D eigenvalue weighted by atomic mass is 10.1. The average Bonchev–Trinajstić information content (AvgIpc) is 3.02. The van der Waals surface area contributed by atoms with Gasteiger partial charge in [0.25, 0.3) is 11.8 Å². The van der Waals surface area contributed by atoms with Gasteiger partial charge in [0.1, 0.15) is 18.4 Å². The molecule has 0 aromatic heterocycles. The Kier molecular flexibility index (Phi) is 12.1. The zero-order chi connectivity index (χ0) is 31.5. The summed E-state index contributed by atoms with van der Waals surface area (Å²) in [6, 6.07) is 26.3. The minimum absolute atomic E-state index is 0.237. The predicted molar refractivity (Wildman–Crippen MR) is 176 cm³/mol. The van der Waals surface area contributed by atoms with Crippen molar-refractivity contribution >= 4 is 57.2 Å². The van der Waals surface area contributed by atoms with Crippen molar-refractivity contribution in [2.75, 3.05) is 7.11 Å². The van der Waals surface area contributed by atoms with Crippen LogP contribution < -0.4 is 25.0 Å². The Balaban J connectivity index is 1.40. The van der Waals surface area contributed by atoms with Gasteiger partial charge in [-0.1, -0.05) is 81.6 Å². The van der Waals surface area contributed by atoms with Crippen LogP contribution in [0.3, 0.4) is 0 Å². The Morgan fingerprint density at radius 3 is 2.32 bits per heavy atom. The Morgan fingerprint density at radius 2 is 1.61 bits per heavy atom. The lowest BCUT2D eigenvalue weighted by Gasteiger charge is -2.21. The number of hydrogen-bond acceptors (Lipinski definition) is 6. The summed E-state index contributed by atoms with van der Waals surface area (Å²) in [4.78, 5) is 26.2. The fourth-order valence-electron chi connectivity index (χ4n) is 4.04. The summed E-state index contributed by atoms with van der Waals surface area (Å²) in [5.74, 6) is 0.378. The van der Waals surface area contributed by atoms with Gasteiger partial charge in [0.05, 0.1) is 18.3 Å². The molecule has 0 heterocycles. The maximum absolute atomic E-state index is 13.2. The second kappa shape index (κ2) is 16.1. The Morgan fingerprint density at radius 1 is 0.886 bits per heavy atom. The third kappa shape index (κ3) is 9.74. The fourth-order valence-corrected chi connectivity index (χ4v) is 4.75. The monoisotopic (exact) mass is 697 g/mol. The quantitative estimate of drug-likeness (QED) is 0.116. The van der Waals surface area contributed by atoms with Crippen LogP contribution in [0.25, 0.3) is 0 Å². The first-order valence-electron chi connectivity index (χ1n) is 13.6. The molecule has 2 amide bonds. The van der Waals surface area contributed by atoms with Gasteiger partial charge in [-0.25, -0.2) is 5.43 Å². The van der Waals surface area contributed by atoms with E-state index >= 15 is 0 Å². The summed E-state index contributed by atoms with van der Waals surface area (Å²) in [6.45, 7) is 1.94. The molecule has 4 aromatic rings. The normalized spacial score (nSPS) is 12.3. The number of halogens is 3. The van der Waals surface area contributed by atoms with Crippen molar-refractivity contribution in [3.8, 4) is 17.2 Å². The summed E-state index contributed by atoms with van der Waals surface area (Å²) in [7, 11) is 1.55. The maximum Gasteiger partial charge on any atom is 0.262 e. The van der Waals surface area contributed by atoms with Crippen LogP contribution in [0, 0.1) is 0 Å². The molecule has 0 aliphatic carbocycles. The number of amides is 2. The topological polar surface area (TPSA) is 98.2 Å². The molecule has 0 bridgehead atoms. The molecule has 0 saturated heterocycles. The number of nitrogens with zero attached hydrogens (tertiary/aromatic N) is 1. The van der Waals surface area contributed by atoms with Gasteiger partial charge in [0.15, 0.2) is 17.6 Å². The second-order valence-corrected chi connectivity index (χ2v) is 11.4. The number of hydrogen-bond donors (Lipinski definition) is 2. The molecule has 0 fully saturated rings. The molecule has 0 aliphatic rings. The molecule has 0 radical (unpaired) electrons. The van der Waals surface area contributed by atoms with Crippen LogP contribution in [-0.4, -0.2) is 37.3 Å². The number of nitrogens with one attached hydrogen (secondary N) is 2. The number of methoxy groups -OCH3 is 1. The first-order valence-corrected chi connectivity index (χ1v) is 15.1. The minimum Gasteiger partial charge on any atom is -0.493 e. The van der Waals surface area contributed by atoms with Gasteiger partial charge < -0.3 is 19.5 Å². The van der Waals surface area contributed by atoms with E-state index in [1.165, 1.54) is 12.3 Å². The second-order valence-electron chi connectivity index (χ2n) is 9.65. The zero-order valence-electron chi connectivity index (χ0n) is 23.9. The van der Waals surface area contributed by atoms with Crippen molar-refractivity contribution in [2.45, 2.75) is 32.1 Å².